The van der Waals surface area contributed by atoms with Gasteiger partial charge in [0.25, 0.3) is 0 Å². The predicted octanol–water partition coefficient (Wildman–Crippen LogP) is 13.8. The number of para-hydroxylation sites is 2. The lowest BCUT2D eigenvalue weighted by Gasteiger charge is -2.42. The van der Waals surface area contributed by atoms with Crippen LogP contribution in [-0.4, -0.2) is 4.98 Å². The van der Waals surface area contributed by atoms with E-state index in [9.17, 15) is 0 Å². The first-order chi connectivity index (χ1) is 26.0. The molecule has 3 heteroatoms. The summed E-state index contributed by atoms with van der Waals surface area (Å²) in [6.07, 6.45) is 0. The lowest BCUT2D eigenvalue weighted by molar-refractivity contribution is 0.630. The van der Waals surface area contributed by atoms with Gasteiger partial charge in [0.05, 0.1) is 22.8 Å². The molecule has 3 heterocycles. The highest BCUT2D eigenvalue weighted by Crippen LogP contribution is 2.53. The molecule has 0 N–H and O–H groups in total. The first-order valence-electron chi connectivity index (χ1n) is 18.2. The number of hydrogen-bond donors (Lipinski definition) is 0. The fourth-order valence-corrected chi connectivity index (χ4v) is 8.07. The fourth-order valence-electron chi connectivity index (χ4n) is 8.07. The van der Waals surface area contributed by atoms with Gasteiger partial charge < -0.3 is 9.32 Å². The lowest BCUT2D eigenvalue weighted by Crippen LogP contribution is -2.30. The van der Waals surface area contributed by atoms with Crippen LogP contribution in [0.4, 0.5) is 17.1 Å². The van der Waals surface area contributed by atoms with E-state index in [1.165, 1.54) is 27.9 Å². The van der Waals surface area contributed by atoms with Gasteiger partial charge in [0.1, 0.15) is 11.2 Å². The molecule has 9 aromatic rings. The van der Waals surface area contributed by atoms with Crippen LogP contribution in [0, 0.1) is 0 Å². The predicted molar refractivity (Wildman–Crippen MR) is 220 cm³/mol. The highest BCUT2D eigenvalue weighted by molar-refractivity contribution is 6.07. The van der Waals surface area contributed by atoms with Crippen LogP contribution in [-0.2, 0) is 5.41 Å². The maximum Gasteiger partial charge on any atom is 0.137 e. The monoisotopic (exact) mass is 680 g/mol. The Morgan fingerprint density at radius 1 is 0.415 bits per heavy atom. The Labute approximate surface area is 309 Å². The molecule has 2 aromatic heterocycles. The average Bonchev–Trinajstić information content (AvgIpc) is 3.59. The van der Waals surface area contributed by atoms with E-state index in [-0.39, 0.29) is 5.41 Å². The summed E-state index contributed by atoms with van der Waals surface area (Å²) in [4.78, 5) is 7.46. The van der Waals surface area contributed by atoms with Gasteiger partial charge in [-0.3, -0.25) is 0 Å². The van der Waals surface area contributed by atoms with Crippen molar-refractivity contribution in [2.45, 2.75) is 19.3 Å². The second-order valence-electron chi connectivity index (χ2n) is 14.4. The third-order valence-corrected chi connectivity index (χ3v) is 10.9. The molecule has 0 spiro atoms. The number of furan rings is 1. The van der Waals surface area contributed by atoms with Crippen LogP contribution in [0.25, 0.3) is 66.7 Å². The van der Waals surface area contributed by atoms with Crippen LogP contribution in [0.2, 0.25) is 0 Å². The van der Waals surface area contributed by atoms with Crippen molar-refractivity contribution in [2.24, 2.45) is 0 Å². The Hall–Kier alpha value is -6.71. The minimum Gasteiger partial charge on any atom is -0.456 e. The lowest BCUT2D eigenvalue weighted by atomic mass is 9.73. The highest BCUT2D eigenvalue weighted by atomic mass is 16.3. The van der Waals surface area contributed by atoms with Crippen molar-refractivity contribution in [3.05, 3.63) is 193 Å². The molecule has 0 aliphatic carbocycles. The van der Waals surface area contributed by atoms with Crippen molar-refractivity contribution in [3.8, 4) is 44.8 Å². The summed E-state index contributed by atoms with van der Waals surface area (Å²) in [6.45, 7) is 4.67. The summed E-state index contributed by atoms with van der Waals surface area (Å²) in [6, 6.07) is 64.8. The van der Waals surface area contributed by atoms with E-state index in [4.69, 9.17) is 9.40 Å². The van der Waals surface area contributed by atoms with Crippen molar-refractivity contribution in [1.29, 1.82) is 0 Å². The Kier molecular flexibility index (Phi) is 7.16. The summed E-state index contributed by atoms with van der Waals surface area (Å²) in [5, 5.41) is 2.31. The molecule has 0 atom stereocenters. The zero-order chi connectivity index (χ0) is 35.5. The molecule has 252 valence electrons. The Morgan fingerprint density at radius 2 is 0.962 bits per heavy atom. The molecular weight excluding hydrogens is 645 g/mol. The molecule has 0 radical (unpaired) electrons. The van der Waals surface area contributed by atoms with Crippen LogP contribution in [0.5, 0.6) is 0 Å². The van der Waals surface area contributed by atoms with Crippen LogP contribution >= 0.6 is 0 Å². The largest absolute Gasteiger partial charge is 0.456 e. The van der Waals surface area contributed by atoms with E-state index in [0.29, 0.717) is 0 Å². The summed E-state index contributed by atoms with van der Waals surface area (Å²) in [5.74, 6) is 0. The minimum atomic E-state index is -0.185. The van der Waals surface area contributed by atoms with Gasteiger partial charge in [0.2, 0.25) is 0 Å². The zero-order valence-electron chi connectivity index (χ0n) is 29.6. The van der Waals surface area contributed by atoms with E-state index in [1.807, 2.05) is 18.2 Å². The molecule has 7 aromatic carbocycles. The number of benzene rings is 7. The Bertz CT molecular complexity index is 2720. The molecule has 1 aliphatic rings. The number of fused-ring (bicyclic) bond motifs is 5. The van der Waals surface area contributed by atoms with E-state index in [0.717, 1.165) is 67.0 Å². The number of nitrogens with zero attached hydrogens (tertiary/aromatic N) is 2. The Balaban J connectivity index is 1.02. The first kappa shape index (κ1) is 31.1. The number of aromatic nitrogens is 1. The van der Waals surface area contributed by atoms with Gasteiger partial charge in [-0.15, -0.1) is 0 Å². The SMILES string of the molecule is CC1(C)c2ccccc2N(c2ccc(-c3ccc(-c4cc(-c5ccccc5)nc(-c5ccccc5)c4)cc3)cc2)c2cc3oc4ccccc4c3cc21. The van der Waals surface area contributed by atoms with Gasteiger partial charge in [0, 0.05) is 39.1 Å². The van der Waals surface area contributed by atoms with E-state index in [1.54, 1.807) is 0 Å². The van der Waals surface area contributed by atoms with Crippen molar-refractivity contribution in [1.82, 2.24) is 4.98 Å². The molecule has 0 amide bonds. The van der Waals surface area contributed by atoms with Gasteiger partial charge in [0.15, 0.2) is 0 Å². The van der Waals surface area contributed by atoms with Gasteiger partial charge in [-0.1, -0.05) is 147 Å². The quantitative estimate of drug-likeness (QED) is 0.181. The topological polar surface area (TPSA) is 29.3 Å². The van der Waals surface area contributed by atoms with Gasteiger partial charge in [-0.05, 0) is 75.8 Å². The van der Waals surface area contributed by atoms with Crippen molar-refractivity contribution >= 4 is 39.0 Å². The first-order valence-corrected chi connectivity index (χ1v) is 18.2. The van der Waals surface area contributed by atoms with Gasteiger partial charge >= 0.3 is 0 Å². The van der Waals surface area contributed by atoms with E-state index < -0.39 is 0 Å². The second kappa shape index (κ2) is 12.2. The maximum atomic E-state index is 6.41. The summed E-state index contributed by atoms with van der Waals surface area (Å²) < 4.78 is 6.41. The summed E-state index contributed by atoms with van der Waals surface area (Å²) >= 11 is 0. The molecule has 1 aliphatic heterocycles. The zero-order valence-corrected chi connectivity index (χ0v) is 29.6. The van der Waals surface area contributed by atoms with Gasteiger partial charge in [-0.25, -0.2) is 4.98 Å². The summed E-state index contributed by atoms with van der Waals surface area (Å²) in [7, 11) is 0. The van der Waals surface area contributed by atoms with Crippen molar-refractivity contribution < 1.29 is 4.42 Å². The average molecular weight is 681 g/mol. The molecule has 53 heavy (non-hydrogen) atoms. The van der Waals surface area contributed by atoms with Crippen LogP contribution in [0.1, 0.15) is 25.0 Å². The standard InChI is InChI=1S/C50H36N2O/c1-50(2)42-18-10-11-19-46(42)52(47-32-49-41(31-43(47)50)40-17-9-12-20-48(40)53-49)39-27-25-34(26-28-39)33-21-23-35(24-22-33)38-29-44(36-13-5-3-6-14-36)51-45(30-38)37-15-7-4-8-16-37/h3-32H,1-2H3. The molecule has 0 unspecified atom stereocenters. The number of pyridine rings is 1. The molecule has 0 saturated carbocycles. The number of anilines is 3. The third-order valence-electron chi connectivity index (χ3n) is 10.9. The molecule has 0 fully saturated rings. The fraction of sp³-hybridized carbons (Fsp3) is 0.0600. The number of rotatable bonds is 5. The molecule has 0 saturated heterocycles. The highest BCUT2D eigenvalue weighted by Gasteiger charge is 2.37. The normalized spacial score (nSPS) is 13.2. The number of hydrogen-bond acceptors (Lipinski definition) is 3. The minimum absolute atomic E-state index is 0.185. The molecular formula is C50H36N2O. The maximum absolute atomic E-state index is 6.41. The van der Waals surface area contributed by atoms with Crippen LogP contribution < -0.4 is 4.90 Å². The smallest absolute Gasteiger partial charge is 0.137 e. The molecule has 0 bridgehead atoms. The van der Waals surface area contributed by atoms with E-state index in [2.05, 4.69) is 183 Å². The van der Waals surface area contributed by atoms with Gasteiger partial charge in [-0.2, -0.15) is 0 Å². The van der Waals surface area contributed by atoms with Crippen LogP contribution in [0.3, 0.4) is 0 Å². The van der Waals surface area contributed by atoms with Crippen LogP contribution in [0.15, 0.2) is 186 Å². The third kappa shape index (κ3) is 5.24. The Morgan fingerprint density at radius 3 is 1.62 bits per heavy atom. The van der Waals surface area contributed by atoms with E-state index >= 15 is 0 Å². The summed E-state index contributed by atoms with van der Waals surface area (Å²) in [5.41, 5.74) is 16.5. The van der Waals surface area contributed by atoms with Crippen molar-refractivity contribution in [2.75, 3.05) is 4.90 Å². The molecule has 3 nitrogen and oxygen atoms in total. The second-order valence-corrected chi connectivity index (χ2v) is 14.4. The molecule has 10 rings (SSSR count). The van der Waals surface area contributed by atoms with Crippen molar-refractivity contribution in [3.63, 3.8) is 0 Å².